The van der Waals surface area contributed by atoms with Gasteiger partial charge in [0.1, 0.15) is 0 Å². The van der Waals surface area contributed by atoms with Gasteiger partial charge in [-0.15, -0.1) is 0 Å². The topological polar surface area (TPSA) is 66.5 Å². The van der Waals surface area contributed by atoms with Gasteiger partial charge in [-0.25, -0.2) is 8.42 Å². The zero-order chi connectivity index (χ0) is 19.2. The molecular formula is C20H26N2O3S. The number of nitrogens with zero attached hydrogens (tertiary/aromatic N) is 1. The lowest BCUT2D eigenvalue weighted by Crippen LogP contribution is -2.35. The summed E-state index contributed by atoms with van der Waals surface area (Å²) in [5.41, 5.74) is 2.59. The van der Waals surface area contributed by atoms with Gasteiger partial charge in [-0.3, -0.25) is 9.10 Å². The van der Waals surface area contributed by atoms with E-state index in [1.807, 2.05) is 62.4 Å². The van der Waals surface area contributed by atoms with Crippen molar-refractivity contribution in [3.05, 3.63) is 65.7 Å². The van der Waals surface area contributed by atoms with Gasteiger partial charge in [0.15, 0.2) is 0 Å². The first-order chi connectivity index (χ1) is 12.3. The van der Waals surface area contributed by atoms with Gasteiger partial charge in [-0.05, 0) is 23.1 Å². The van der Waals surface area contributed by atoms with Crippen molar-refractivity contribution < 1.29 is 13.2 Å². The van der Waals surface area contributed by atoms with Crippen LogP contribution in [0.2, 0.25) is 0 Å². The Morgan fingerprint density at radius 2 is 1.65 bits per heavy atom. The van der Waals surface area contributed by atoms with E-state index in [0.29, 0.717) is 12.2 Å². The molecule has 0 saturated heterocycles. The van der Waals surface area contributed by atoms with E-state index in [2.05, 4.69) is 5.32 Å². The molecule has 0 unspecified atom stereocenters. The molecule has 1 amide bonds. The first-order valence-electron chi connectivity index (χ1n) is 8.66. The van der Waals surface area contributed by atoms with Crippen LogP contribution in [-0.2, 0) is 21.4 Å². The van der Waals surface area contributed by atoms with Gasteiger partial charge < -0.3 is 5.32 Å². The third kappa shape index (κ3) is 5.59. The predicted octanol–water partition coefficient (Wildman–Crippen LogP) is 3.28. The Morgan fingerprint density at radius 3 is 2.27 bits per heavy atom. The van der Waals surface area contributed by atoms with Crippen LogP contribution >= 0.6 is 0 Å². The summed E-state index contributed by atoms with van der Waals surface area (Å²) >= 11 is 0. The molecule has 0 spiro atoms. The lowest BCUT2D eigenvalue weighted by Gasteiger charge is -2.26. The van der Waals surface area contributed by atoms with E-state index in [1.165, 1.54) is 10.6 Å². The average Bonchev–Trinajstić information content (AvgIpc) is 2.60. The van der Waals surface area contributed by atoms with Crippen molar-refractivity contribution in [2.45, 2.75) is 32.7 Å². The van der Waals surface area contributed by atoms with Gasteiger partial charge in [0.25, 0.3) is 0 Å². The lowest BCUT2D eigenvalue weighted by molar-refractivity contribution is -0.121. The molecule has 0 heterocycles. The number of carbonyl (C=O) groups excluding carboxylic acids is 1. The van der Waals surface area contributed by atoms with E-state index in [1.54, 1.807) is 6.07 Å². The number of sulfonamides is 1. The van der Waals surface area contributed by atoms with Crippen molar-refractivity contribution in [1.29, 1.82) is 0 Å². The van der Waals surface area contributed by atoms with Gasteiger partial charge in [0.2, 0.25) is 15.9 Å². The third-order valence-corrected chi connectivity index (χ3v) is 5.28. The maximum Gasteiger partial charge on any atom is 0.232 e. The molecule has 0 atom stereocenters. The quantitative estimate of drug-likeness (QED) is 0.771. The molecule has 2 aromatic rings. The normalized spacial score (nSPS) is 11.4. The summed E-state index contributed by atoms with van der Waals surface area (Å²) in [4.78, 5) is 12.2. The first kappa shape index (κ1) is 20.0. The highest BCUT2D eigenvalue weighted by Gasteiger charge is 2.22. The van der Waals surface area contributed by atoms with Crippen molar-refractivity contribution in [2.24, 2.45) is 0 Å². The van der Waals surface area contributed by atoms with Gasteiger partial charge in [0.05, 0.1) is 11.9 Å². The monoisotopic (exact) mass is 374 g/mol. The summed E-state index contributed by atoms with van der Waals surface area (Å²) in [5.74, 6) is 0.00638. The standard InChI is InChI=1S/C20H26N2O3S/c1-16(2)18-11-7-8-12-19(18)22(26(3,24)25)14-13-20(23)21-15-17-9-5-4-6-10-17/h4-12,16H,13-15H2,1-3H3,(H,21,23). The molecule has 2 aromatic carbocycles. The minimum atomic E-state index is -3.48. The summed E-state index contributed by atoms with van der Waals surface area (Å²) in [7, 11) is -3.48. The van der Waals surface area contributed by atoms with Crippen LogP contribution in [0.1, 0.15) is 37.3 Å². The van der Waals surface area contributed by atoms with E-state index < -0.39 is 10.0 Å². The Morgan fingerprint density at radius 1 is 1.04 bits per heavy atom. The fourth-order valence-electron chi connectivity index (χ4n) is 2.76. The Hall–Kier alpha value is -2.34. The Labute approximate surface area is 156 Å². The minimum Gasteiger partial charge on any atom is -0.352 e. The molecule has 5 nitrogen and oxygen atoms in total. The number of anilines is 1. The average molecular weight is 375 g/mol. The maximum atomic E-state index is 12.3. The molecule has 1 N–H and O–H groups in total. The Balaban J connectivity index is 2.07. The van der Waals surface area contributed by atoms with E-state index in [4.69, 9.17) is 0 Å². The van der Waals surface area contributed by atoms with Crippen molar-refractivity contribution in [3.63, 3.8) is 0 Å². The number of hydrogen-bond acceptors (Lipinski definition) is 3. The minimum absolute atomic E-state index is 0.104. The number of hydrogen-bond donors (Lipinski definition) is 1. The SMILES string of the molecule is CC(C)c1ccccc1N(CCC(=O)NCc1ccccc1)S(C)(=O)=O. The zero-order valence-corrected chi connectivity index (χ0v) is 16.3. The van der Waals surface area contributed by atoms with Crippen LogP contribution in [0.25, 0.3) is 0 Å². The van der Waals surface area contributed by atoms with Crippen molar-refractivity contribution in [3.8, 4) is 0 Å². The molecule has 6 heteroatoms. The summed E-state index contributed by atoms with van der Waals surface area (Å²) in [6.45, 7) is 4.59. The fraction of sp³-hybridized carbons (Fsp3) is 0.350. The van der Waals surface area contributed by atoms with E-state index in [0.717, 1.165) is 11.1 Å². The van der Waals surface area contributed by atoms with Gasteiger partial charge >= 0.3 is 0 Å². The van der Waals surface area contributed by atoms with Crippen molar-refractivity contribution in [1.82, 2.24) is 5.32 Å². The van der Waals surface area contributed by atoms with Crippen LogP contribution in [0.5, 0.6) is 0 Å². The number of carbonyl (C=O) groups is 1. The van der Waals surface area contributed by atoms with Gasteiger partial charge in [-0.2, -0.15) is 0 Å². The second-order valence-electron chi connectivity index (χ2n) is 6.56. The smallest absolute Gasteiger partial charge is 0.232 e. The molecule has 2 rings (SSSR count). The van der Waals surface area contributed by atoms with Crippen LogP contribution in [-0.4, -0.2) is 27.1 Å². The molecular weight excluding hydrogens is 348 g/mol. The highest BCUT2D eigenvalue weighted by Crippen LogP contribution is 2.29. The van der Waals surface area contributed by atoms with Crippen LogP contribution in [0.4, 0.5) is 5.69 Å². The highest BCUT2D eigenvalue weighted by atomic mass is 32.2. The number of amides is 1. The first-order valence-corrected chi connectivity index (χ1v) is 10.5. The summed E-state index contributed by atoms with van der Waals surface area (Å²) in [6.07, 6.45) is 1.28. The second-order valence-corrected chi connectivity index (χ2v) is 8.47. The molecule has 0 aliphatic carbocycles. The fourth-order valence-corrected chi connectivity index (χ4v) is 3.70. The van der Waals surface area contributed by atoms with Gasteiger partial charge in [0, 0.05) is 19.5 Å². The number of nitrogens with one attached hydrogen (secondary N) is 1. The molecule has 0 aliphatic heterocycles. The maximum absolute atomic E-state index is 12.3. The second kappa shape index (κ2) is 8.85. The molecule has 0 aromatic heterocycles. The number of benzene rings is 2. The summed E-state index contributed by atoms with van der Waals surface area (Å²) < 4.78 is 25.9. The molecule has 0 radical (unpaired) electrons. The predicted molar refractivity (Wildman–Crippen MR) is 106 cm³/mol. The van der Waals surface area contributed by atoms with E-state index in [9.17, 15) is 13.2 Å². The highest BCUT2D eigenvalue weighted by molar-refractivity contribution is 7.92. The molecule has 0 aliphatic rings. The van der Waals surface area contributed by atoms with Crippen LogP contribution in [0.15, 0.2) is 54.6 Å². The zero-order valence-electron chi connectivity index (χ0n) is 15.5. The van der Waals surface area contributed by atoms with Crippen molar-refractivity contribution >= 4 is 21.6 Å². The number of rotatable bonds is 8. The molecule has 26 heavy (non-hydrogen) atoms. The van der Waals surface area contributed by atoms with Crippen molar-refractivity contribution in [2.75, 3.05) is 17.1 Å². The van der Waals surface area contributed by atoms with E-state index in [-0.39, 0.29) is 24.8 Å². The van der Waals surface area contributed by atoms with E-state index >= 15 is 0 Å². The van der Waals surface area contributed by atoms with Gasteiger partial charge in [-0.1, -0.05) is 62.4 Å². The molecule has 140 valence electrons. The Bertz CT molecular complexity index is 833. The summed E-state index contributed by atoms with van der Waals surface area (Å²) in [6, 6.07) is 17.0. The Kier molecular flexibility index (Phi) is 6.80. The van der Waals surface area contributed by atoms with Crippen LogP contribution < -0.4 is 9.62 Å². The summed E-state index contributed by atoms with van der Waals surface area (Å²) in [5, 5.41) is 2.83. The molecule has 0 saturated carbocycles. The molecule has 0 fully saturated rings. The third-order valence-electron chi connectivity index (χ3n) is 4.10. The number of para-hydroxylation sites is 1. The van der Waals surface area contributed by atoms with Crippen LogP contribution in [0, 0.1) is 0 Å². The lowest BCUT2D eigenvalue weighted by atomic mass is 10.0. The van der Waals surface area contributed by atoms with Crippen LogP contribution in [0.3, 0.4) is 0 Å². The molecule has 0 bridgehead atoms. The largest absolute Gasteiger partial charge is 0.352 e.